The molecule has 1 heterocycles. The first-order chi connectivity index (χ1) is 9.86. The van der Waals surface area contributed by atoms with Crippen LogP contribution < -0.4 is 10.1 Å². The lowest BCUT2D eigenvalue weighted by Gasteiger charge is -2.18. The lowest BCUT2D eigenvalue weighted by molar-refractivity contribution is -0.0498. The van der Waals surface area contributed by atoms with Gasteiger partial charge < -0.3 is 10.1 Å². The van der Waals surface area contributed by atoms with E-state index in [9.17, 15) is 8.78 Å². The summed E-state index contributed by atoms with van der Waals surface area (Å²) in [7, 11) is 0. The molecule has 1 aromatic carbocycles. The highest BCUT2D eigenvalue weighted by atomic mass is 79.9. The number of thiophene rings is 1. The van der Waals surface area contributed by atoms with Crippen LogP contribution in [0.25, 0.3) is 0 Å². The Morgan fingerprint density at radius 3 is 2.57 bits per heavy atom. The van der Waals surface area contributed by atoms with Gasteiger partial charge in [-0.05, 0) is 63.0 Å². The first-order valence-corrected chi connectivity index (χ1v) is 8.60. The summed E-state index contributed by atoms with van der Waals surface area (Å²) >= 11 is 14.1. The van der Waals surface area contributed by atoms with Gasteiger partial charge in [-0.1, -0.05) is 11.6 Å². The summed E-state index contributed by atoms with van der Waals surface area (Å²) in [4.78, 5) is 1.06. The van der Waals surface area contributed by atoms with Crippen molar-refractivity contribution < 1.29 is 13.5 Å². The molecular formula is C13H10Br2ClF2NOS. The van der Waals surface area contributed by atoms with Gasteiger partial charge in [-0.15, -0.1) is 11.3 Å². The molecule has 0 radical (unpaired) electrons. The Hall–Kier alpha value is -0.370. The van der Waals surface area contributed by atoms with Gasteiger partial charge in [0.05, 0.1) is 20.0 Å². The maximum Gasteiger partial charge on any atom is 0.387 e. The molecule has 1 atom stereocenters. The topological polar surface area (TPSA) is 21.3 Å². The lowest BCUT2D eigenvalue weighted by atomic mass is 10.2. The number of benzene rings is 1. The molecule has 2 nitrogen and oxygen atoms in total. The lowest BCUT2D eigenvalue weighted by Crippen LogP contribution is -2.09. The minimum atomic E-state index is -2.91. The molecule has 114 valence electrons. The van der Waals surface area contributed by atoms with Gasteiger partial charge in [-0.2, -0.15) is 8.78 Å². The van der Waals surface area contributed by atoms with E-state index >= 15 is 0 Å². The van der Waals surface area contributed by atoms with E-state index in [0.29, 0.717) is 15.2 Å². The summed E-state index contributed by atoms with van der Waals surface area (Å²) in [6.45, 7) is -0.978. The number of nitrogens with one attached hydrogen (secondary N) is 1. The highest BCUT2D eigenvalue weighted by molar-refractivity contribution is 9.11. The normalized spacial score (nSPS) is 12.5. The number of ether oxygens (including phenoxy) is 1. The van der Waals surface area contributed by atoms with E-state index in [-0.39, 0.29) is 11.8 Å². The SMILES string of the molecule is CC(Nc1cc(Cl)cc(Br)c1OC(F)F)c1ccc(Br)s1. The Bertz CT molecular complexity index is 639. The fourth-order valence-electron chi connectivity index (χ4n) is 1.74. The van der Waals surface area contributed by atoms with Gasteiger partial charge in [0.1, 0.15) is 0 Å². The molecule has 1 aromatic heterocycles. The molecule has 0 saturated heterocycles. The zero-order valence-electron chi connectivity index (χ0n) is 10.7. The van der Waals surface area contributed by atoms with Crippen LogP contribution in [-0.4, -0.2) is 6.61 Å². The number of halogens is 5. The largest absolute Gasteiger partial charge is 0.431 e. The maximum absolute atomic E-state index is 12.5. The van der Waals surface area contributed by atoms with Crippen LogP contribution in [0, 0.1) is 0 Å². The summed E-state index contributed by atoms with van der Waals surface area (Å²) in [5, 5.41) is 3.57. The Morgan fingerprint density at radius 1 is 1.29 bits per heavy atom. The molecule has 0 fully saturated rings. The Labute approximate surface area is 146 Å². The summed E-state index contributed by atoms with van der Waals surface area (Å²) < 4.78 is 31.0. The van der Waals surface area contributed by atoms with Crippen molar-refractivity contribution in [3.8, 4) is 5.75 Å². The van der Waals surface area contributed by atoms with Gasteiger partial charge in [0, 0.05) is 9.90 Å². The van der Waals surface area contributed by atoms with Crippen molar-refractivity contribution in [1.82, 2.24) is 0 Å². The van der Waals surface area contributed by atoms with Crippen molar-refractivity contribution in [2.45, 2.75) is 19.6 Å². The molecule has 0 saturated carbocycles. The van der Waals surface area contributed by atoms with E-state index in [4.69, 9.17) is 11.6 Å². The van der Waals surface area contributed by atoms with E-state index < -0.39 is 6.61 Å². The third kappa shape index (κ3) is 4.55. The molecule has 0 aliphatic carbocycles. The van der Waals surface area contributed by atoms with Crippen molar-refractivity contribution in [3.05, 3.63) is 42.4 Å². The first-order valence-electron chi connectivity index (χ1n) is 5.82. The van der Waals surface area contributed by atoms with Gasteiger partial charge in [0.2, 0.25) is 0 Å². The molecule has 0 amide bonds. The van der Waals surface area contributed by atoms with Gasteiger partial charge in [-0.25, -0.2) is 0 Å². The van der Waals surface area contributed by atoms with Crippen LogP contribution in [-0.2, 0) is 0 Å². The van der Waals surface area contributed by atoms with Crippen LogP contribution in [0.5, 0.6) is 5.75 Å². The van der Waals surface area contributed by atoms with Crippen molar-refractivity contribution >= 4 is 60.5 Å². The highest BCUT2D eigenvalue weighted by Crippen LogP contribution is 2.40. The monoisotopic (exact) mass is 459 g/mol. The standard InChI is InChI=1S/C13H10Br2ClF2NOS/c1-6(10-2-3-11(15)21-10)19-9-5-7(16)4-8(14)12(9)20-13(17)18/h2-6,13,19H,1H3. The van der Waals surface area contributed by atoms with E-state index in [0.717, 1.165) is 8.66 Å². The highest BCUT2D eigenvalue weighted by Gasteiger charge is 2.17. The van der Waals surface area contributed by atoms with Crippen molar-refractivity contribution in [2.75, 3.05) is 5.32 Å². The van der Waals surface area contributed by atoms with Crippen LogP contribution in [0.1, 0.15) is 17.8 Å². The fraction of sp³-hybridized carbons (Fsp3) is 0.231. The number of alkyl halides is 2. The second-order valence-electron chi connectivity index (χ2n) is 4.15. The van der Waals surface area contributed by atoms with Gasteiger partial charge in [-0.3, -0.25) is 0 Å². The predicted molar refractivity (Wildman–Crippen MR) is 89.8 cm³/mol. The smallest absolute Gasteiger partial charge is 0.387 e. The molecule has 8 heteroatoms. The van der Waals surface area contributed by atoms with Crippen LogP contribution in [0.4, 0.5) is 14.5 Å². The number of rotatable bonds is 5. The minimum Gasteiger partial charge on any atom is -0.431 e. The number of anilines is 1. The third-order valence-electron chi connectivity index (χ3n) is 2.61. The fourth-order valence-corrected chi connectivity index (χ4v) is 4.07. The Kier molecular flexibility index (Phi) is 5.88. The molecule has 2 aromatic rings. The first kappa shape index (κ1) is 17.0. The summed E-state index contributed by atoms with van der Waals surface area (Å²) in [6.07, 6.45) is 0. The average Bonchev–Trinajstić information content (AvgIpc) is 2.80. The second kappa shape index (κ2) is 7.26. The molecule has 0 aliphatic rings. The summed E-state index contributed by atoms with van der Waals surface area (Å²) in [6, 6.07) is 6.88. The maximum atomic E-state index is 12.5. The van der Waals surface area contributed by atoms with Crippen LogP contribution in [0.3, 0.4) is 0 Å². The quantitative estimate of drug-likeness (QED) is 0.535. The molecule has 0 aliphatic heterocycles. The Balaban J connectivity index is 2.29. The second-order valence-corrected chi connectivity index (χ2v) is 7.94. The van der Waals surface area contributed by atoms with Crippen LogP contribution in [0.15, 0.2) is 32.5 Å². The molecule has 1 unspecified atom stereocenters. The van der Waals surface area contributed by atoms with Gasteiger partial charge in [0.15, 0.2) is 5.75 Å². The number of hydrogen-bond donors (Lipinski definition) is 1. The van der Waals surface area contributed by atoms with E-state index in [1.165, 1.54) is 6.07 Å². The molecule has 0 spiro atoms. The van der Waals surface area contributed by atoms with E-state index in [2.05, 4.69) is 41.9 Å². The molecule has 1 N–H and O–H groups in total. The zero-order valence-corrected chi connectivity index (χ0v) is 15.4. The van der Waals surface area contributed by atoms with Gasteiger partial charge in [0.25, 0.3) is 0 Å². The third-order valence-corrected chi connectivity index (χ3v) is 5.22. The summed E-state index contributed by atoms with van der Waals surface area (Å²) in [5.41, 5.74) is 0.409. The van der Waals surface area contributed by atoms with E-state index in [1.54, 1.807) is 17.4 Å². The summed E-state index contributed by atoms with van der Waals surface area (Å²) in [5.74, 6) is 0.0388. The van der Waals surface area contributed by atoms with Crippen LogP contribution >= 0.6 is 54.8 Å². The van der Waals surface area contributed by atoms with Gasteiger partial charge >= 0.3 is 6.61 Å². The average molecular weight is 462 g/mol. The minimum absolute atomic E-state index is 0.0388. The van der Waals surface area contributed by atoms with E-state index in [1.807, 2.05) is 19.1 Å². The Morgan fingerprint density at radius 2 is 2.00 bits per heavy atom. The zero-order chi connectivity index (χ0) is 15.6. The number of hydrogen-bond acceptors (Lipinski definition) is 3. The van der Waals surface area contributed by atoms with Crippen LogP contribution in [0.2, 0.25) is 5.02 Å². The molecule has 0 bridgehead atoms. The molecular weight excluding hydrogens is 451 g/mol. The molecule has 2 rings (SSSR count). The van der Waals surface area contributed by atoms with Crippen molar-refractivity contribution in [1.29, 1.82) is 0 Å². The predicted octanol–water partition coefficient (Wildman–Crippen LogP) is 6.70. The van der Waals surface area contributed by atoms with Crippen molar-refractivity contribution in [3.63, 3.8) is 0 Å². The van der Waals surface area contributed by atoms with Crippen molar-refractivity contribution in [2.24, 2.45) is 0 Å². The molecule has 21 heavy (non-hydrogen) atoms.